The van der Waals surface area contributed by atoms with E-state index in [0.717, 1.165) is 6.07 Å². The van der Waals surface area contributed by atoms with Crippen molar-refractivity contribution in [3.63, 3.8) is 0 Å². The van der Waals surface area contributed by atoms with Gasteiger partial charge in [-0.15, -0.1) is 0 Å². The fourth-order valence-electron chi connectivity index (χ4n) is 3.25. The molecule has 144 valence electrons. The first-order chi connectivity index (χ1) is 12.7. The van der Waals surface area contributed by atoms with E-state index in [1.807, 2.05) is 0 Å². The number of alkyl halides is 3. The fraction of sp³-hybridized carbons (Fsp3) is 0.389. The normalized spacial score (nSPS) is 17.7. The van der Waals surface area contributed by atoms with Crippen LogP contribution in [-0.2, 0) is 17.4 Å². The lowest BCUT2D eigenvalue weighted by Crippen LogP contribution is -2.40. The molecule has 1 unspecified atom stereocenters. The van der Waals surface area contributed by atoms with Crippen LogP contribution in [0.25, 0.3) is 0 Å². The number of carbonyl (C=O) groups excluding carboxylic acids is 1. The summed E-state index contributed by atoms with van der Waals surface area (Å²) in [6.07, 6.45) is -3.12. The SMILES string of the molecule is O=C(O)c1cccc(CC(=O)N2CCCC(c3cc(C(F)(F)F)n[nH]3)C2)c1. The Bertz CT molecular complexity index is 848. The summed E-state index contributed by atoms with van der Waals surface area (Å²) in [6, 6.07) is 7.15. The smallest absolute Gasteiger partial charge is 0.435 e. The summed E-state index contributed by atoms with van der Waals surface area (Å²) in [5.41, 5.74) is 0.0935. The second-order valence-electron chi connectivity index (χ2n) is 6.57. The van der Waals surface area contributed by atoms with Crippen molar-refractivity contribution in [2.45, 2.75) is 31.4 Å². The lowest BCUT2D eigenvalue weighted by molar-refractivity contribution is -0.141. The fourth-order valence-corrected chi connectivity index (χ4v) is 3.25. The molecule has 27 heavy (non-hydrogen) atoms. The van der Waals surface area contributed by atoms with Crippen molar-refractivity contribution in [3.05, 3.63) is 52.8 Å². The van der Waals surface area contributed by atoms with Crippen LogP contribution >= 0.6 is 0 Å². The van der Waals surface area contributed by atoms with E-state index in [0.29, 0.717) is 37.2 Å². The van der Waals surface area contributed by atoms with Crippen molar-refractivity contribution in [2.24, 2.45) is 0 Å². The largest absolute Gasteiger partial charge is 0.478 e. The second kappa shape index (κ2) is 7.42. The topological polar surface area (TPSA) is 86.3 Å². The molecule has 0 saturated carbocycles. The third-order valence-electron chi connectivity index (χ3n) is 4.63. The monoisotopic (exact) mass is 381 g/mol. The molecule has 0 aliphatic carbocycles. The number of halogens is 3. The Morgan fingerprint density at radius 2 is 2.07 bits per heavy atom. The maximum atomic E-state index is 12.7. The highest BCUT2D eigenvalue weighted by Crippen LogP contribution is 2.32. The van der Waals surface area contributed by atoms with Crippen molar-refractivity contribution in [1.82, 2.24) is 15.1 Å². The number of amides is 1. The van der Waals surface area contributed by atoms with Gasteiger partial charge in [0.15, 0.2) is 5.69 Å². The van der Waals surface area contributed by atoms with Gasteiger partial charge in [-0.25, -0.2) is 4.79 Å². The Morgan fingerprint density at radius 3 is 2.74 bits per heavy atom. The number of aromatic nitrogens is 2. The summed E-state index contributed by atoms with van der Waals surface area (Å²) in [4.78, 5) is 25.2. The lowest BCUT2D eigenvalue weighted by atomic mass is 9.94. The number of hydrogen-bond donors (Lipinski definition) is 2. The minimum Gasteiger partial charge on any atom is -0.478 e. The van der Waals surface area contributed by atoms with E-state index in [9.17, 15) is 22.8 Å². The number of likely N-dealkylation sites (tertiary alicyclic amines) is 1. The summed E-state index contributed by atoms with van der Waals surface area (Å²) in [5.74, 6) is -1.49. The van der Waals surface area contributed by atoms with Crippen molar-refractivity contribution in [1.29, 1.82) is 0 Å². The number of piperidine rings is 1. The van der Waals surface area contributed by atoms with Crippen LogP contribution in [-0.4, -0.2) is 45.2 Å². The second-order valence-corrected chi connectivity index (χ2v) is 6.57. The molecule has 1 aliphatic heterocycles. The van der Waals surface area contributed by atoms with Gasteiger partial charge in [0.2, 0.25) is 5.91 Å². The van der Waals surface area contributed by atoms with Gasteiger partial charge in [0.25, 0.3) is 0 Å². The molecule has 0 spiro atoms. The quantitative estimate of drug-likeness (QED) is 0.852. The zero-order chi connectivity index (χ0) is 19.6. The number of aromatic carboxylic acids is 1. The number of aromatic amines is 1. The number of carboxylic acids is 1. The van der Waals surface area contributed by atoms with E-state index in [1.165, 1.54) is 12.1 Å². The first-order valence-electron chi connectivity index (χ1n) is 8.46. The number of benzene rings is 1. The highest BCUT2D eigenvalue weighted by atomic mass is 19.4. The third-order valence-corrected chi connectivity index (χ3v) is 4.63. The van der Waals surface area contributed by atoms with Crippen LogP contribution in [0.4, 0.5) is 13.2 Å². The summed E-state index contributed by atoms with van der Waals surface area (Å²) < 4.78 is 38.1. The Kier molecular flexibility index (Phi) is 5.20. The molecule has 1 aromatic carbocycles. The maximum Gasteiger partial charge on any atom is 0.435 e. The molecule has 1 amide bonds. The van der Waals surface area contributed by atoms with Crippen LogP contribution in [0.1, 0.15) is 46.1 Å². The van der Waals surface area contributed by atoms with Crippen LogP contribution in [0, 0.1) is 0 Å². The Morgan fingerprint density at radius 1 is 1.30 bits per heavy atom. The lowest BCUT2D eigenvalue weighted by Gasteiger charge is -2.32. The van der Waals surface area contributed by atoms with Gasteiger partial charge in [-0.1, -0.05) is 12.1 Å². The minimum atomic E-state index is -4.51. The molecule has 0 bridgehead atoms. The molecule has 0 radical (unpaired) electrons. The van der Waals surface area contributed by atoms with Crippen molar-refractivity contribution in [3.8, 4) is 0 Å². The minimum absolute atomic E-state index is 0.0462. The standard InChI is InChI=1S/C18H18F3N3O3/c19-18(20,21)15-9-14(22-23-15)13-5-2-6-24(10-13)16(25)8-11-3-1-4-12(7-11)17(26)27/h1,3-4,7,9,13H,2,5-6,8,10H2,(H,22,23)(H,26,27). The number of carboxylic acid groups (broad SMARTS) is 1. The van der Waals surface area contributed by atoms with E-state index in [2.05, 4.69) is 10.2 Å². The van der Waals surface area contributed by atoms with Crippen LogP contribution in [0.2, 0.25) is 0 Å². The molecule has 3 rings (SSSR count). The van der Waals surface area contributed by atoms with E-state index >= 15 is 0 Å². The Labute approximate surface area is 153 Å². The molecule has 1 atom stereocenters. The molecular weight excluding hydrogens is 363 g/mol. The van der Waals surface area contributed by atoms with E-state index < -0.39 is 17.8 Å². The van der Waals surface area contributed by atoms with E-state index in [4.69, 9.17) is 5.11 Å². The van der Waals surface area contributed by atoms with Crippen LogP contribution in [0.3, 0.4) is 0 Å². The van der Waals surface area contributed by atoms with Gasteiger partial charge in [0.1, 0.15) is 0 Å². The zero-order valence-corrected chi connectivity index (χ0v) is 14.3. The summed E-state index contributed by atoms with van der Waals surface area (Å²) >= 11 is 0. The molecule has 1 saturated heterocycles. The van der Waals surface area contributed by atoms with Crippen molar-refractivity contribution in [2.75, 3.05) is 13.1 Å². The number of nitrogens with one attached hydrogen (secondary N) is 1. The number of nitrogens with zero attached hydrogens (tertiary/aromatic N) is 2. The molecule has 2 heterocycles. The highest BCUT2D eigenvalue weighted by Gasteiger charge is 2.35. The Balaban J connectivity index is 1.67. The summed E-state index contributed by atoms with van der Waals surface area (Å²) in [5, 5.41) is 14.8. The van der Waals surface area contributed by atoms with Gasteiger partial charge in [0, 0.05) is 24.7 Å². The molecule has 1 fully saturated rings. The predicted octanol–water partition coefficient (Wildman–Crippen LogP) is 3.08. The summed E-state index contributed by atoms with van der Waals surface area (Å²) in [6.45, 7) is 0.825. The van der Waals surface area contributed by atoms with Gasteiger partial charge in [-0.05, 0) is 36.6 Å². The molecule has 9 heteroatoms. The van der Waals surface area contributed by atoms with Gasteiger partial charge in [-0.3, -0.25) is 9.89 Å². The van der Waals surface area contributed by atoms with Gasteiger partial charge in [-0.2, -0.15) is 18.3 Å². The van der Waals surface area contributed by atoms with Crippen LogP contribution in [0.5, 0.6) is 0 Å². The number of rotatable bonds is 4. The van der Waals surface area contributed by atoms with Gasteiger partial charge < -0.3 is 10.0 Å². The predicted molar refractivity (Wildman–Crippen MR) is 89.3 cm³/mol. The first-order valence-corrected chi connectivity index (χ1v) is 8.46. The van der Waals surface area contributed by atoms with Crippen LogP contribution in [0.15, 0.2) is 30.3 Å². The van der Waals surface area contributed by atoms with E-state index in [1.54, 1.807) is 17.0 Å². The van der Waals surface area contributed by atoms with Gasteiger partial charge >= 0.3 is 12.1 Å². The van der Waals surface area contributed by atoms with E-state index in [-0.39, 0.29) is 23.8 Å². The molecule has 6 nitrogen and oxygen atoms in total. The number of H-pyrrole nitrogens is 1. The van der Waals surface area contributed by atoms with Crippen molar-refractivity contribution >= 4 is 11.9 Å². The molecule has 2 N–H and O–H groups in total. The maximum absolute atomic E-state index is 12.7. The zero-order valence-electron chi connectivity index (χ0n) is 14.3. The highest BCUT2D eigenvalue weighted by molar-refractivity contribution is 5.88. The van der Waals surface area contributed by atoms with Crippen molar-refractivity contribution < 1.29 is 27.9 Å². The molecule has 2 aromatic rings. The average Bonchev–Trinajstić information content (AvgIpc) is 3.12. The molecular formula is C18H18F3N3O3. The molecule has 1 aromatic heterocycles. The number of hydrogen-bond acceptors (Lipinski definition) is 3. The van der Waals surface area contributed by atoms with Crippen LogP contribution < -0.4 is 0 Å². The first kappa shape index (κ1) is 18.9. The third kappa shape index (κ3) is 4.47. The molecule has 1 aliphatic rings. The van der Waals surface area contributed by atoms with Gasteiger partial charge in [0.05, 0.1) is 12.0 Å². The number of carbonyl (C=O) groups is 2. The Hall–Kier alpha value is -2.84. The average molecular weight is 381 g/mol. The summed E-state index contributed by atoms with van der Waals surface area (Å²) in [7, 11) is 0.